The number of hydrogen-bond acceptors (Lipinski definition) is 0. The Kier molecular flexibility index (Phi) is 21.1. The van der Waals surface area contributed by atoms with Gasteiger partial charge in [0, 0.05) is 9.52 Å². The van der Waals surface area contributed by atoms with Gasteiger partial charge in [0.2, 0.25) is 0 Å². The lowest BCUT2D eigenvalue weighted by Gasteiger charge is -1.56. The minimum Gasteiger partial charge on any atom is -0.0991 e. The van der Waals surface area contributed by atoms with Crippen LogP contribution in [0.15, 0.2) is 24.8 Å². The summed E-state index contributed by atoms with van der Waals surface area (Å²) in [6.45, 7) is 9.95. The average molecular weight is 128 g/mol. The van der Waals surface area contributed by atoms with Crippen molar-refractivity contribution >= 4 is 9.52 Å². The molecule has 0 rings (SSSR count). The number of rotatable bonds is 1. The maximum atomic E-state index is 3.46. The van der Waals surface area contributed by atoms with Gasteiger partial charge in [0.25, 0.3) is 0 Å². The van der Waals surface area contributed by atoms with Crippen molar-refractivity contribution < 1.29 is 0 Å². The fourth-order valence-corrected chi connectivity index (χ4v) is 0.136. The second-order valence-electron chi connectivity index (χ2n) is 1.47. The molecule has 0 aliphatic rings. The second kappa shape index (κ2) is 15.9. The molecule has 0 nitrogen and oxygen atoms in total. The first-order valence-corrected chi connectivity index (χ1v) is 5.89. The average Bonchev–Trinajstić information content (AvgIpc) is 1.71. The summed E-state index contributed by atoms with van der Waals surface area (Å²) >= 11 is 0. The summed E-state index contributed by atoms with van der Waals surface area (Å²) in [6, 6.07) is 0. The first-order chi connectivity index (χ1) is 3.83. The normalized spacial score (nSPS) is 7.88. The molecule has 48 valence electrons. The summed E-state index contributed by atoms with van der Waals surface area (Å²) < 4.78 is 0. The fourth-order valence-electron chi connectivity index (χ4n) is 0.136. The van der Waals surface area contributed by atoms with E-state index in [1.54, 1.807) is 6.08 Å². The molecule has 0 bridgehead atoms. The zero-order valence-corrected chi connectivity index (χ0v) is 7.56. The molecule has 8 heavy (non-hydrogen) atoms. The van der Waals surface area contributed by atoms with Gasteiger partial charge in [0.1, 0.15) is 0 Å². The SMILES string of the molecule is C=CC=CC.C[SiH2]C. The third-order valence-corrected chi connectivity index (χ3v) is 0.329. The Labute approximate surface area is 55.1 Å². The molecule has 0 spiro atoms. The van der Waals surface area contributed by atoms with E-state index in [0.717, 1.165) is 0 Å². The lowest BCUT2D eigenvalue weighted by Crippen LogP contribution is -1.53. The summed E-state index contributed by atoms with van der Waals surface area (Å²) in [4.78, 5) is 0. The predicted octanol–water partition coefficient (Wildman–Crippen LogP) is 2.00. The van der Waals surface area contributed by atoms with Gasteiger partial charge in [-0.05, 0) is 6.92 Å². The monoisotopic (exact) mass is 128 g/mol. The Bertz CT molecular complexity index is 55.4. The van der Waals surface area contributed by atoms with Crippen molar-refractivity contribution in [3.63, 3.8) is 0 Å². The van der Waals surface area contributed by atoms with Crippen LogP contribution in [-0.2, 0) is 0 Å². The van der Waals surface area contributed by atoms with Gasteiger partial charge in [-0.1, -0.05) is 37.9 Å². The van der Waals surface area contributed by atoms with Crippen LogP contribution in [0.5, 0.6) is 0 Å². The van der Waals surface area contributed by atoms with Gasteiger partial charge in [0.05, 0.1) is 0 Å². The lowest BCUT2D eigenvalue weighted by atomic mass is 10.5. The van der Waals surface area contributed by atoms with Gasteiger partial charge >= 0.3 is 0 Å². The molecule has 0 saturated heterocycles. The van der Waals surface area contributed by atoms with E-state index in [2.05, 4.69) is 19.7 Å². The van der Waals surface area contributed by atoms with Crippen LogP contribution in [0.3, 0.4) is 0 Å². The van der Waals surface area contributed by atoms with Crippen LogP contribution in [0.1, 0.15) is 6.92 Å². The van der Waals surface area contributed by atoms with Crippen molar-refractivity contribution in [3.8, 4) is 0 Å². The van der Waals surface area contributed by atoms with Crippen LogP contribution in [0.25, 0.3) is 0 Å². The molecule has 0 radical (unpaired) electrons. The zero-order chi connectivity index (χ0) is 6.83. The van der Waals surface area contributed by atoms with Gasteiger partial charge in [-0.15, -0.1) is 0 Å². The molecule has 0 saturated carbocycles. The van der Waals surface area contributed by atoms with Gasteiger partial charge in [0.15, 0.2) is 0 Å². The molecule has 0 amide bonds. The van der Waals surface area contributed by atoms with Crippen molar-refractivity contribution in [1.82, 2.24) is 0 Å². The summed E-state index contributed by atoms with van der Waals surface area (Å²) in [6.07, 6.45) is 5.58. The Morgan fingerprint density at radius 3 is 1.75 bits per heavy atom. The van der Waals surface area contributed by atoms with Gasteiger partial charge in [-0.25, -0.2) is 0 Å². The van der Waals surface area contributed by atoms with Crippen LogP contribution >= 0.6 is 0 Å². The third kappa shape index (κ3) is 43.6. The van der Waals surface area contributed by atoms with Crippen molar-refractivity contribution in [2.24, 2.45) is 0 Å². The molecule has 0 N–H and O–H groups in total. The van der Waals surface area contributed by atoms with Gasteiger partial charge in [-0.3, -0.25) is 0 Å². The number of hydrogen-bond donors (Lipinski definition) is 0. The Morgan fingerprint density at radius 1 is 1.38 bits per heavy atom. The Morgan fingerprint density at radius 2 is 1.75 bits per heavy atom. The van der Waals surface area contributed by atoms with E-state index in [-0.39, 0.29) is 0 Å². The van der Waals surface area contributed by atoms with Crippen molar-refractivity contribution in [2.45, 2.75) is 20.0 Å². The van der Waals surface area contributed by atoms with Crippen molar-refractivity contribution in [1.29, 1.82) is 0 Å². The van der Waals surface area contributed by atoms with E-state index >= 15 is 0 Å². The maximum Gasteiger partial charge on any atom is 0.0135 e. The smallest absolute Gasteiger partial charge is 0.0135 e. The standard InChI is InChI=1S/C5H8.C2H8Si/c1-3-5-4-2;1-3-2/h3-5H,1H2,2H3;3H2,1-2H3. The molecule has 0 heterocycles. The van der Waals surface area contributed by atoms with Crippen LogP contribution in [0.4, 0.5) is 0 Å². The molecule has 0 atom stereocenters. The van der Waals surface area contributed by atoms with Crippen LogP contribution in [-0.4, -0.2) is 9.52 Å². The van der Waals surface area contributed by atoms with Crippen LogP contribution in [0.2, 0.25) is 13.1 Å². The summed E-state index contributed by atoms with van der Waals surface area (Å²) in [5, 5.41) is 0. The minimum absolute atomic E-state index is 0.417. The molecular weight excluding hydrogens is 112 g/mol. The Hall–Kier alpha value is -0.303. The van der Waals surface area contributed by atoms with Gasteiger partial charge in [-0.2, -0.15) is 0 Å². The third-order valence-electron chi connectivity index (χ3n) is 0.329. The van der Waals surface area contributed by atoms with E-state index in [0.29, 0.717) is 9.52 Å². The predicted molar refractivity (Wildman–Crippen MR) is 45.3 cm³/mol. The largest absolute Gasteiger partial charge is 0.0991 e. The van der Waals surface area contributed by atoms with Gasteiger partial charge < -0.3 is 0 Å². The van der Waals surface area contributed by atoms with Crippen LogP contribution in [0, 0.1) is 0 Å². The topological polar surface area (TPSA) is 0 Å². The fraction of sp³-hybridized carbons (Fsp3) is 0.429. The zero-order valence-electron chi connectivity index (χ0n) is 6.15. The molecule has 0 fully saturated rings. The van der Waals surface area contributed by atoms with Crippen molar-refractivity contribution in [3.05, 3.63) is 24.8 Å². The molecular formula is C7H16Si. The molecule has 0 aliphatic heterocycles. The summed E-state index contributed by atoms with van der Waals surface area (Å²) in [5.41, 5.74) is 0. The first-order valence-electron chi connectivity index (χ1n) is 3.07. The molecule has 0 aliphatic carbocycles. The maximum absolute atomic E-state index is 3.46. The highest BCUT2D eigenvalue weighted by atomic mass is 28.2. The van der Waals surface area contributed by atoms with E-state index < -0.39 is 0 Å². The van der Waals surface area contributed by atoms with E-state index in [4.69, 9.17) is 0 Å². The minimum atomic E-state index is 0.417. The summed E-state index contributed by atoms with van der Waals surface area (Å²) in [5.74, 6) is 0. The van der Waals surface area contributed by atoms with Crippen LogP contribution < -0.4 is 0 Å². The quantitative estimate of drug-likeness (QED) is 0.374. The molecule has 0 aromatic rings. The van der Waals surface area contributed by atoms with E-state index in [1.807, 2.05) is 19.1 Å². The van der Waals surface area contributed by atoms with Crippen molar-refractivity contribution in [2.75, 3.05) is 0 Å². The molecule has 0 aromatic carbocycles. The molecule has 0 unspecified atom stereocenters. The highest BCUT2D eigenvalue weighted by Crippen LogP contribution is 1.64. The first kappa shape index (κ1) is 10.6. The summed E-state index contributed by atoms with van der Waals surface area (Å²) in [7, 11) is 0.417. The Balaban J connectivity index is 0. The molecule has 1 heteroatoms. The highest BCUT2D eigenvalue weighted by molar-refractivity contribution is 6.31. The lowest BCUT2D eigenvalue weighted by molar-refractivity contribution is 1.74. The second-order valence-corrected chi connectivity index (χ2v) is 2.88. The van der Waals surface area contributed by atoms with E-state index in [9.17, 15) is 0 Å². The highest BCUT2D eigenvalue weighted by Gasteiger charge is 1.42. The van der Waals surface area contributed by atoms with E-state index in [1.165, 1.54) is 0 Å². The number of allylic oxidation sites excluding steroid dienone is 3. The molecule has 0 aromatic heterocycles.